The summed E-state index contributed by atoms with van der Waals surface area (Å²) in [6.07, 6.45) is 11.7. The van der Waals surface area contributed by atoms with Crippen LogP contribution in [0, 0.1) is 46.3 Å². The van der Waals surface area contributed by atoms with E-state index in [1.807, 2.05) is 0 Å². The van der Waals surface area contributed by atoms with Crippen LogP contribution in [0.3, 0.4) is 0 Å². The maximum absolute atomic E-state index is 12.8. The highest BCUT2D eigenvalue weighted by Gasteiger charge is 2.59. The molecule has 23 heavy (non-hydrogen) atoms. The Labute approximate surface area is 143 Å². The Balaban J connectivity index is 1.65. The average Bonchev–Trinajstić information content (AvgIpc) is 2.50. The van der Waals surface area contributed by atoms with Gasteiger partial charge in [0.1, 0.15) is 5.78 Å². The second-order valence-electron chi connectivity index (χ2n) is 10.4. The van der Waals surface area contributed by atoms with Crippen LogP contribution in [-0.4, -0.2) is 5.78 Å². The van der Waals surface area contributed by atoms with Crippen molar-refractivity contribution < 1.29 is 4.79 Å². The summed E-state index contributed by atoms with van der Waals surface area (Å²) >= 11 is 0. The number of hydrogen-bond acceptors (Lipinski definition) is 1. The molecule has 4 aliphatic rings. The smallest absolute Gasteiger partial charge is 0.139 e. The van der Waals surface area contributed by atoms with Crippen molar-refractivity contribution in [3.05, 3.63) is 0 Å². The zero-order valence-corrected chi connectivity index (χ0v) is 15.7. The summed E-state index contributed by atoms with van der Waals surface area (Å²) in [7, 11) is 0. The number of rotatable bonds is 0. The van der Waals surface area contributed by atoms with Crippen molar-refractivity contribution in [3.8, 4) is 0 Å². The molecule has 4 saturated carbocycles. The van der Waals surface area contributed by atoms with E-state index in [9.17, 15) is 4.79 Å². The first-order chi connectivity index (χ1) is 10.8. The number of Topliss-reactive ketones (excluding diaryl/α,β-unsaturated/α-hetero) is 1. The van der Waals surface area contributed by atoms with Crippen molar-refractivity contribution in [1.82, 2.24) is 0 Å². The van der Waals surface area contributed by atoms with Crippen LogP contribution in [0.2, 0.25) is 0 Å². The van der Waals surface area contributed by atoms with Gasteiger partial charge < -0.3 is 0 Å². The normalized spacial score (nSPS) is 56.4. The Morgan fingerprint density at radius 2 is 1.65 bits per heavy atom. The third kappa shape index (κ3) is 2.28. The molecule has 0 aromatic rings. The van der Waals surface area contributed by atoms with Crippen LogP contribution in [0.15, 0.2) is 0 Å². The second kappa shape index (κ2) is 5.33. The van der Waals surface area contributed by atoms with Gasteiger partial charge in [0.2, 0.25) is 0 Å². The van der Waals surface area contributed by atoms with E-state index in [2.05, 4.69) is 27.7 Å². The topological polar surface area (TPSA) is 17.1 Å². The molecule has 0 aromatic carbocycles. The van der Waals surface area contributed by atoms with E-state index >= 15 is 0 Å². The van der Waals surface area contributed by atoms with Gasteiger partial charge in [0.25, 0.3) is 0 Å². The monoisotopic (exact) mass is 316 g/mol. The quantitative estimate of drug-likeness (QED) is 0.546. The van der Waals surface area contributed by atoms with Gasteiger partial charge in [-0.05, 0) is 85.9 Å². The molecule has 0 aliphatic heterocycles. The van der Waals surface area contributed by atoms with E-state index in [0.717, 1.165) is 42.4 Å². The van der Waals surface area contributed by atoms with Crippen molar-refractivity contribution in [2.45, 2.75) is 85.5 Å². The van der Waals surface area contributed by atoms with Crippen molar-refractivity contribution in [2.75, 3.05) is 0 Å². The Hall–Kier alpha value is -0.330. The molecular formula is C22H36O. The SMILES string of the molecule is CC1CCC2C3CCC4(C)C(=O)CCC(C)C4C3CCC2(C)C1. The lowest BCUT2D eigenvalue weighted by Crippen LogP contribution is -2.57. The number of carbonyl (C=O) groups excluding carboxylic acids is 1. The zero-order chi connectivity index (χ0) is 16.4. The van der Waals surface area contributed by atoms with Gasteiger partial charge in [-0.1, -0.05) is 34.1 Å². The van der Waals surface area contributed by atoms with E-state index in [0.29, 0.717) is 17.1 Å². The maximum Gasteiger partial charge on any atom is 0.139 e. The average molecular weight is 317 g/mol. The van der Waals surface area contributed by atoms with Crippen LogP contribution >= 0.6 is 0 Å². The summed E-state index contributed by atoms with van der Waals surface area (Å²) in [6, 6.07) is 0. The van der Waals surface area contributed by atoms with Crippen molar-refractivity contribution in [3.63, 3.8) is 0 Å². The lowest BCUT2D eigenvalue weighted by Gasteiger charge is -2.62. The molecule has 0 spiro atoms. The molecule has 0 amide bonds. The fourth-order valence-corrected chi connectivity index (χ4v) is 8.06. The molecule has 0 aromatic heterocycles. The van der Waals surface area contributed by atoms with Crippen LogP contribution in [0.1, 0.15) is 85.5 Å². The summed E-state index contributed by atoms with van der Waals surface area (Å²) in [5.74, 6) is 5.70. The van der Waals surface area contributed by atoms with E-state index in [1.165, 1.54) is 44.9 Å². The number of hydrogen-bond donors (Lipinski definition) is 0. The van der Waals surface area contributed by atoms with E-state index in [4.69, 9.17) is 0 Å². The van der Waals surface area contributed by atoms with E-state index < -0.39 is 0 Å². The van der Waals surface area contributed by atoms with Gasteiger partial charge in [-0.2, -0.15) is 0 Å². The Morgan fingerprint density at radius 3 is 2.43 bits per heavy atom. The Morgan fingerprint density at radius 1 is 0.913 bits per heavy atom. The van der Waals surface area contributed by atoms with Crippen molar-refractivity contribution >= 4 is 5.78 Å². The molecular weight excluding hydrogens is 280 g/mol. The second-order valence-corrected chi connectivity index (χ2v) is 10.4. The summed E-state index contributed by atoms with van der Waals surface area (Å²) < 4.78 is 0. The largest absolute Gasteiger partial charge is 0.299 e. The van der Waals surface area contributed by atoms with Gasteiger partial charge in [0.05, 0.1) is 0 Å². The predicted molar refractivity (Wildman–Crippen MR) is 95.1 cm³/mol. The van der Waals surface area contributed by atoms with Crippen LogP contribution in [0.5, 0.6) is 0 Å². The molecule has 0 radical (unpaired) electrons. The fraction of sp³-hybridized carbons (Fsp3) is 0.955. The van der Waals surface area contributed by atoms with Crippen molar-refractivity contribution in [1.29, 1.82) is 0 Å². The number of fused-ring (bicyclic) bond motifs is 5. The number of carbonyl (C=O) groups is 1. The Kier molecular flexibility index (Phi) is 3.75. The van der Waals surface area contributed by atoms with Gasteiger partial charge in [-0.25, -0.2) is 0 Å². The molecule has 1 nitrogen and oxygen atoms in total. The van der Waals surface area contributed by atoms with Crippen LogP contribution in [0.25, 0.3) is 0 Å². The lowest BCUT2D eigenvalue weighted by atomic mass is 9.42. The van der Waals surface area contributed by atoms with Crippen LogP contribution in [0.4, 0.5) is 0 Å². The van der Waals surface area contributed by atoms with Gasteiger partial charge in [0.15, 0.2) is 0 Å². The first kappa shape index (κ1) is 16.2. The number of ketones is 1. The molecule has 8 atom stereocenters. The third-order valence-corrected chi connectivity index (χ3v) is 9.07. The third-order valence-electron chi connectivity index (χ3n) is 9.07. The molecule has 8 unspecified atom stereocenters. The molecule has 130 valence electrons. The molecule has 1 heteroatoms. The minimum absolute atomic E-state index is 0.0224. The standard InChI is InChI=1S/C22H36O/c1-14-5-7-18-16-10-12-22(4)19(23)8-6-15(2)20(22)17(16)9-11-21(18,3)13-14/h14-18,20H,5-13H2,1-4H3. The minimum atomic E-state index is 0.0224. The summed E-state index contributed by atoms with van der Waals surface area (Å²) in [5, 5.41) is 0. The maximum atomic E-state index is 12.8. The zero-order valence-electron chi connectivity index (χ0n) is 15.7. The highest BCUT2D eigenvalue weighted by atomic mass is 16.1. The van der Waals surface area contributed by atoms with Gasteiger partial charge in [-0.3, -0.25) is 4.79 Å². The van der Waals surface area contributed by atoms with Gasteiger partial charge in [-0.15, -0.1) is 0 Å². The molecule has 0 N–H and O–H groups in total. The molecule has 0 saturated heterocycles. The van der Waals surface area contributed by atoms with Gasteiger partial charge >= 0.3 is 0 Å². The Bertz CT molecular complexity index is 496. The molecule has 0 bridgehead atoms. The van der Waals surface area contributed by atoms with Crippen molar-refractivity contribution in [2.24, 2.45) is 46.3 Å². The lowest BCUT2D eigenvalue weighted by molar-refractivity contribution is -0.158. The fourth-order valence-electron chi connectivity index (χ4n) is 8.06. The highest BCUT2D eigenvalue weighted by Crippen LogP contribution is 2.64. The van der Waals surface area contributed by atoms with E-state index in [-0.39, 0.29) is 5.41 Å². The molecule has 4 fully saturated rings. The predicted octanol–water partition coefficient (Wildman–Crippen LogP) is 5.87. The molecule has 4 aliphatic carbocycles. The minimum Gasteiger partial charge on any atom is -0.299 e. The molecule has 0 heterocycles. The van der Waals surface area contributed by atoms with E-state index in [1.54, 1.807) is 0 Å². The first-order valence-corrected chi connectivity index (χ1v) is 10.4. The van der Waals surface area contributed by atoms with Gasteiger partial charge in [0, 0.05) is 11.8 Å². The summed E-state index contributed by atoms with van der Waals surface area (Å²) in [5.41, 5.74) is 0.628. The first-order valence-electron chi connectivity index (χ1n) is 10.4. The highest BCUT2D eigenvalue weighted by molar-refractivity contribution is 5.85. The molecule has 4 rings (SSSR count). The summed E-state index contributed by atoms with van der Waals surface area (Å²) in [4.78, 5) is 12.8. The van der Waals surface area contributed by atoms with Crippen LogP contribution < -0.4 is 0 Å². The van der Waals surface area contributed by atoms with Crippen LogP contribution in [-0.2, 0) is 4.79 Å². The summed E-state index contributed by atoms with van der Waals surface area (Å²) in [6.45, 7) is 9.86.